The van der Waals surface area contributed by atoms with Crippen molar-refractivity contribution in [1.82, 2.24) is 0 Å². The molecule has 2 N–H and O–H groups in total. The van der Waals surface area contributed by atoms with Crippen LogP contribution in [0.25, 0.3) is 0 Å². The Hall–Kier alpha value is -1.04. The van der Waals surface area contributed by atoms with Crippen molar-refractivity contribution in [1.29, 1.82) is 0 Å². The van der Waals surface area contributed by atoms with Crippen LogP contribution in [0.15, 0.2) is 18.2 Å². The first-order valence-corrected chi connectivity index (χ1v) is 5.56. The zero-order valence-electron chi connectivity index (χ0n) is 9.36. The Morgan fingerprint density at radius 2 is 2.00 bits per heavy atom. The van der Waals surface area contributed by atoms with Crippen molar-refractivity contribution in [3.8, 4) is 0 Å². The van der Waals surface area contributed by atoms with Crippen LogP contribution in [0.2, 0.25) is 0 Å². The van der Waals surface area contributed by atoms with Crippen LogP contribution in [0.1, 0.15) is 5.56 Å². The molecule has 0 spiro atoms. The van der Waals surface area contributed by atoms with E-state index in [2.05, 4.69) is 0 Å². The van der Waals surface area contributed by atoms with E-state index in [4.69, 9.17) is 15.2 Å². The minimum atomic E-state index is -0.572. The van der Waals surface area contributed by atoms with Crippen molar-refractivity contribution in [3.05, 3.63) is 35.4 Å². The molecule has 17 heavy (non-hydrogen) atoms. The minimum Gasteiger partial charge on any atom is -0.376 e. The van der Waals surface area contributed by atoms with Crippen molar-refractivity contribution >= 4 is 0 Å². The maximum Gasteiger partial charge on any atom is 0.129 e. The molecule has 1 aromatic carbocycles. The van der Waals surface area contributed by atoms with Crippen LogP contribution < -0.4 is 5.73 Å². The fourth-order valence-corrected chi connectivity index (χ4v) is 1.85. The predicted molar refractivity (Wildman–Crippen MR) is 58.6 cm³/mol. The topological polar surface area (TPSA) is 44.5 Å². The molecule has 0 bridgehead atoms. The molecular weight excluding hydrogens is 228 g/mol. The molecule has 2 atom stereocenters. The summed E-state index contributed by atoms with van der Waals surface area (Å²) >= 11 is 0. The van der Waals surface area contributed by atoms with Gasteiger partial charge in [-0.3, -0.25) is 0 Å². The lowest BCUT2D eigenvalue weighted by Crippen LogP contribution is -2.45. The van der Waals surface area contributed by atoms with E-state index in [0.29, 0.717) is 19.8 Å². The van der Waals surface area contributed by atoms with Gasteiger partial charge in [0.15, 0.2) is 0 Å². The lowest BCUT2D eigenvalue weighted by molar-refractivity contribution is -0.0968. The quantitative estimate of drug-likeness (QED) is 0.869. The average Bonchev–Trinajstić information content (AvgIpc) is 2.35. The lowest BCUT2D eigenvalue weighted by Gasteiger charge is -2.28. The Balaban J connectivity index is 2.04. The molecule has 2 unspecified atom stereocenters. The molecule has 0 amide bonds. The van der Waals surface area contributed by atoms with Gasteiger partial charge < -0.3 is 15.2 Å². The molecule has 1 aliphatic heterocycles. The number of nitrogens with two attached hydrogens (primary N) is 1. The van der Waals surface area contributed by atoms with Gasteiger partial charge in [-0.2, -0.15) is 0 Å². The second-order valence-corrected chi connectivity index (χ2v) is 4.05. The van der Waals surface area contributed by atoms with Gasteiger partial charge in [0.1, 0.15) is 11.6 Å². The van der Waals surface area contributed by atoms with Gasteiger partial charge in [-0.15, -0.1) is 0 Å². The van der Waals surface area contributed by atoms with E-state index in [1.807, 2.05) is 0 Å². The molecule has 1 saturated heterocycles. The molecule has 1 fully saturated rings. The van der Waals surface area contributed by atoms with E-state index in [1.54, 1.807) is 0 Å². The summed E-state index contributed by atoms with van der Waals surface area (Å²) in [6.07, 6.45) is -0.199. The molecule has 1 heterocycles. The van der Waals surface area contributed by atoms with Gasteiger partial charge in [-0.1, -0.05) is 6.07 Å². The van der Waals surface area contributed by atoms with Gasteiger partial charge in [-0.05, 0) is 18.6 Å². The van der Waals surface area contributed by atoms with Gasteiger partial charge in [0, 0.05) is 11.6 Å². The van der Waals surface area contributed by atoms with Gasteiger partial charge in [-0.25, -0.2) is 8.78 Å². The van der Waals surface area contributed by atoms with E-state index in [-0.39, 0.29) is 18.1 Å². The van der Waals surface area contributed by atoms with Crippen LogP contribution >= 0.6 is 0 Å². The van der Waals surface area contributed by atoms with E-state index in [0.717, 1.165) is 0 Å². The molecule has 1 aromatic rings. The number of benzene rings is 1. The van der Waals surface area contributed by atoms with Crippen molar-refractivity contribution in [2.75, 3.05) is 19.8 Å². The molecule has 0 aromatic heterocycles. The largest absolute Gasteiger partial charge is 0.376 e. The Kier molecular flexibility index (Phi) is 4.04. The van der Waals surface area contributed by atoms with Gasteiger partial charge in [0.2, 0.25) is 0 Å². The first kappa shape index (κ1) is 12.4. The Labute approximate surface area is 98.5 Å². The third-order valence-electron chi connectivity index (χ3n) is 2.82. The summed E-state index contributed by atoms with van der Waals surface area (Å²) in [5.74, 6) is -1.14. The Morgan fingerprint density at radius 3 is 2.59 bits per heavy atom. The fraction of sp³-hybridized carbons (Fsp3) is 0.500. The van der Waals surface area contributed by atoms with Gasteiger partial charge in [0.05, 0.1) is 25.9 Å². The Morgan fingerprint density at radius 1 is 1.29 bits per heavy atom. The third kappa shape index (κ3) is 3.00. The summed E-state index contributed by atoms with van der Waals surface area (Å²) in [5, 5.41) is 0. The van der Waals surface area contributed by atoms with Crippen molar-refractivity contribution in [3.63, 3.8) is 0 Å². The van der Waals surface area contributed by atoms with E-state index in [9.17, 15) is 8.78 Å². The highest BCUT2D eigenvalue weighted by Gasteiger charge is 2.24. The summed E-state index contributed by atoms with van der Waals surface area (Å²) in [6.45, 7) is 1.38. The molecule has 94 valence electrons. The maximum absolute atomic E-state index is 13.4. The highest BCUT2D eigenvalue weighted by molar-refractivity contribution is 5.21. The summed E-state index contributed by atoms with van der Waals surface area (Å²) < 4.78 is 37.4. The van der Waals surface area contributed by atoms with Crippen LogP contribution in [-0.2, 0) is 15.9 Å². The molecule has 5 heteroatoms. The molecular formula is C12H15F2NO2. The van der Waals surface area contributed by atoms with E-state index >= 15 is 0 Å². The summed E-state index contributed by atoms with van der Waals surface area (Å²) in [7, 11) is 0. The van der Waals surface area contributed by atoms with Crippen LogP contribution in [-0.4, -0.2) is 32.0 Å². The lowest BCUT2D eigenvalue weighted by atomic mass is 10.0. The maximum atomic E-state index is 13.4. The summed E-state index contributed by atoms with van der Waals surface area (Å²) in [6, 6.07) is 3.31. The predicted octanol–water partition coefficient (Wildman–Crippen LogP) is 1.25. The summed E-state index contributed by atoms with van der Waals surface area (Å²) in [4.78, 5) is 0. The van der Waals surface area contributed by atoms with Crippen LogP contribution in [0.5, 0.6) is 0 Å². The monoisotopic (exact) mass is 243 g/mol. The first-order valence-electron chi connectivity index (χ1n) is 5.56. The number of rotatable bonds is 3. The van der Waals surface area contributed by atoms with Crippen molar-refractivity contribution < 1.29 is 18.3 Å². The second-order valence-electron chi connectivity index (χ2n) is 4.05. The molecule has 3 nitrogen and oxygen atoms in total. The molecule has 0 aliphatic carbocycles. The molecule has 1 aliphatic rings. The SMILES string of the molecule is NC(Cc1c(F)cccc1F)C1COCCO1. The smallest absolute Gasteiger partial charge is 0.129 e. The standard InChI is InChI=1S/C12H15F2NO2/c13-9-2-1-3-10(14)8(9)6-11(15)12-7-16-4-5-17-12/h1-3,11-12H,4-7,15H2. The highest BCUT2D eigenvalue weighted by atomic mass is 19.1. The normalized spacial score (nSPS) is 22.4. The zero-order chi connectivity index (χ0) is 12.3. The zero-order valence-corrected chi connectivity index (χ0v) is 9.36. The van der Waals surface area contributed by atoms with Crippen LogP contribution in [0.3, 0.4) is 0 Å². The third-order valence-corrected chi connectivity index (χ3v) is 2.82. The van der Waals surface area contributed by atoms with Crippen molar-refractivity contribution in [2.45, 2.75) is 18.6 Å². The molecule has 2 rings (SSSR count). The summed E-state index contributed by atoms with van der Waals surface area (Å²) in [5.41, 5.74) is 5.89. The molecule has 0 radical (unpaired) electrons. The van der Waals surface area contributed by atoms with Crippen LogP contribution in [0.4, 0.5) is 8.78 Å². The highest BCUT2D eigenvalue weighted by Crippen LogP contribution is 2.16. The minimum absolute atomic E-state index is 0.00849. The first-order chi connectivity index (χ1) is 8.18. The fourth-order valence-electron chi connectivity index (χ4n) is 1.85. The van der Waals surface area contributed by atoms with E-state index < -0.39 is 17.7 Å². The second kappa shape index (κ2) is 5.53. The Bertz CT molecular complexity index is 361. The van der Waals surface area contributed by atoms with E-state index in [1.165, 1.54) is 18.2 Å². The van der Waals surface area contributed by atoms with Gasteiger partial charge >= 0.3 is 0 Å². The number of halogens is 2. The van der Waals surface area contributed by atoms with Gasteiger partial charge in [0.25, 0.3) is 0 Å². The van der Waals surface area contributed by atoms with Crippen molar-refractivity contribution in [2.24, 2.45) is 5.73 Å². The molecule has 0 saturated carbocycles. The van der Waals surface area contributed by atoms with Crippen LogP contribution in [0, 0.1) is 11.6 Å². The number of hydrogen-bond acceptors (Lipinski definition) is 3. The number of hydrogen-bond donors (Lipinski definition) is 1. The average molecular weight is 243 g/mol. The number of ether oxygens (including phenoxy) is 2.